The normalized spacial score (nSPS) is 17.8. The summed E-state index contributed by atoms with van der Waals surface area (Å²) in [5.74, 6) is 9.32. The maximum atomic E-state index is 6.03. The first-order valence-electron chi connectivity index (χ1n) is 11.7. The Morgan fingerprint density at radius 2 is 1.73 bits per heavy atom. The number of hydrogen-bond acceptors (Lipinski definition) is 8. The maximum absolute atomic E-state index is 6.03. The molecule has 172 valence electrons. The van der Waals surface area contributed by atoms with Crippen LogP contribution >= 0.6 is 0 Å². The van der Waals surface area contributed by atoms with Crippen LogP contribution in [0.4, 0.5) is 11.6 Å². The van der Waals surface area contributed by atoms with Crippen LogP contribution in [0.15, 0.2) is 36.5 Å². The van der Waals surface area contributed by atoms with Crippen molar-refractivity contribution in [1.82, 2.24) is 29.7 Å². The Balaban J connectivity index is 1.01. The van der Waals surface area contributed by atoms with E-state index in [0.717, 1.165) is 81.8 Å². The van der Waals surface area contributed by atoms with Crippen LogP contribution in [0.1, 0.15) is 18.7 Å². The summed E-state index contributed by atoms with van der Waals surface area (Å²) in [6.45, 7) is 9.09. The van der Waals surface area contributed by atoms with Gasteiger partial charge in [-0.05, 0) is 44.0 Å². The molecule has 0 aromatic carbocycles. The standard InChI is InChI=1S/C24H30N8O/c1-20-26-27-23-7-8-24(28-32(20)23)30-13-9-21(10-14-30)33-19-5-4-12-29-15-17-31(18-16-29)22-6-2-3-11-25-22/h2-3,6-8,11,21H,9-10,12-19H2,1H3. The highest BCUT2D eigenvalue weighted by Crippen LogP contribution is 2.20. The second-order valence-electron chi connectivity index (χ2n) is 8.51. The molecule has 33 heavy (non-hydrogen) atoms. The zero-order valence-corrected chi connectivity index (χ0v) is 19.1. The highest BCUT2D eigenvalue weighted by molar-refractivity contribution is 5.46. The molecule has 0 bridgehead atoms. The number of aromatic nitrogens is 5. The maximum Gasteiger partial charge on any atom is 0.178 e. The second-order valence-corrected chi connectivity index (χ2v) is 8.51. The van der Waals surface area contributed by atoms with Gasteiger partial charge in [0.05, 0.1) is 12.6 Å². The van der Waals surface area contributed by atoms with E-state index in [0.29, 0.717) is 6.61 Å². The van der Waals surface area contributed by atoms with E-state index < -0.39 is 0 Å². The van der Waals surface area contributed by atoms with E-state index in [1.54, 1.807) is 4.52 Å². The number of ether oxygens (including phenoxy) is 1. The molecule has 3 aromatic rings. The molecule has 0 spiro atoms. The van der Waals surface area contributed by atoms with Crippen LogP contribution in [0.2, 0.25) is 0 Å². The van der Waals surface area contributed by atoms with Crippen LogP contribution < -0.4 is 9.80 Å². The predicted molar refractivity (Wildman–Crippen MR) is 127 cm³/mol. The molecule has 9 nitrogen and oxygen atoms in total. The van der Waals surface area contributed by atoms with Crippen LogP contribution in [0, 0.1) is 18.8 Å². The molecule has 0 radical (unpaired) electrons. The lowest BCUT2D eigenvalue weighted by atomic mass is 10.1. The molecule has 9 heteroatoms. The molecule has 0 unspecified atom stereocenters. The summed E-state index contributed by atoms with van der Waals surface area (Å²) >= 11 is 0. The van der Waals surface area contributed by atoms with Crippen molar-refractivity contribution in [2.45, 2.75) is 25.9 Å². The molecular weight excluding hydrogens is 416 g/mol. The van der Waals surface area contributed by atoms with Crippen LogP contribution in [0.25, 0.3) is 5.65 Å². The van der Waals surface area contributed by atoms with Crippen molar-refractivity contribution in [3.8, 4) is 11.8 Å². The second kappa shape index (κ2) is 10.1. The molecular formula is C24H30N8O. The van der Waals surface area contributed by atoms with E-state index in [4.69, 9.17) is 4.74 Å². The number of pyridine rings is 1. The fourth-order valence-corrected chi connectivity index (χ4v) is 4.36. The lowest BCUT2D eigenvalue weighted by molar-refractivity contribution is 0.0593. The van der Waals surface area contributed by atoms with E-state index in [1.165, 1.54) is 0 Å². The number of hydrogen-bond donors (Lipinski definition) is 0. The monoisotopic (exact) mass is 446 g/mol. The summed E-state index contributed by atoms with van der Waals surface area (Å²) in [6.07, 6.45) is 4.08. The highest BCUT2D eigenvalue weighted by atomic mass is 16.5. The van der Waals surface area contributed by atoms with Gasteiger partial charge in [0.25, 0.3) is 0 Å². The third-order valence-electron chi connectivity index (χ3n) is 6.34. The van der Waals surface area contributed by atoms with E-state index in [9.17, 15) is 0 Å². The minimum atomic E-state index is 0.262. The van der Waals surface area contributed by atoms with Gasteiger partial charge in [-0.3, -0.25) is 4.90 Å². The van der Waals surface area contributed by atoms with Gasteiger partial charge in [0.15, 0.2) is 11.5 Å². The van der Waals surface area contributed by atoms with Crippen molar-refractivity contribution < 1.29 is 4.74 Å². The van der Waals surface area contributed by atoms with Crippen molar-refractivity contribution in [3.05, 3.63) is 42.4 Å². The molecule has 5 rings (SSSR count). The molecule has 0 atom stereocenters. The number of anilines is 2. The Bertz CT molecular complexity index is 1110. The van der Waals surface area contributed by atoms with Crippen molar-refractivity contribution in [3.63, 3.8) is 0 Å². The van der Waals surface area contributed by atoms with Crippen LogP contribution in [0.5, 0.6) is 0 Å². The molecule has 2 fully saturated rings. The summed E-state index contributed by atoms with van der Waals surface area (Å²) in [6, 6.07) is 10.1. The third-order valence-corrected chi connectivity index (χ3v) is 6.34. The van der Waals surface area contributed by atoms with Crippen molar-refractivity contribution in [2.24, 2.45) is 0 Å². The van der Waals surface area contributed by atoms with Crippen molar-refractivity contribution in [1.29, 1.82) is 0 Å². The number of piperidine rings is 1. The van der Waals surface area contributed by atoms with Crippen LogP contribution in [-0.2, 0) is 4.74 Å². The predicted octanol–water partition coefficient (Wildman–Crippen LogP) is 1.64. The van der Waals surface area contributed by atoms with E-state index in [1.807, 2.05) is 37.4 Å². The third kappa shape index (κ3) is 5.24. The molecule has 0 aliphatic carbocycles. The van der Waals surface area contributed by atoms with Gasteiger partial charge in [-0.25, -0.2) is 4.98 Å². The first-order valence-corrected chi connectivity index (χ1v) is 11.7. The molecule has 0 N–H and O–H groups in total. The minimum absolute atomic E-state index is 0.262. The Hall–Kier alpha value is -3.22. The van der Waals surface area contributed by atoms with E-state index in [-0.39, 0.29) is 6.10 Å². The Kier molecular flexibility index (Phi) is 6.65. The number of nitrogens with zero attached hydrogens (tertiary/aromatic N) is 8. The molecule has 2 aliphatic heterocycles. The molecule has 3 aromatic heterocycles. The zero-order valence-electron chi connectivity index (χ0n) is 19.1. The van der Waals surface area contributed by atoms with Gasteiger partial charge in [0.2, 0.25) is 0 Å². The molecule has 5 heterocycles. The molecule has 0 saturated carbocycles. The fourth-order valence-electron chi connectivity index (χ4n) is 4.36. The van der Waals surface area contributed by atoms with Gasteiger partial charge in [-0.15, -0.1) is 15.3 Å². The Morgan fingerprint density at radius 1 is 0.909 bits per heavy atom. The number of rotatable bonds is 5. The van der Waals surface area contributed by atoms with Gasteiger partial charge in [-0.1, -0.05) is 17.9 Å². The quantitative estimate of drug-likeness (QED) is 0.548. The molecule has 2 aliphatic rings. The molecule has 2 saturated heterocycles. The summed E-state index contributed by atoms with van der Waals surface area (Å²) in [5.41, 5.74) is 0.781. The molecule has 0 amide bonds. The van der Waals surface area contributed by atoms with Gasteiger partial charge < -0.3 is 14.5 Å². The lowest BCUT2D eigenvalue weighted by Crippen LogP contribution is -2.46. The van der Waals surface area contributed by atoms with Gasteiger partial charge >= 0.3 is 0 Å². The number of fused-ring (bicyclic) bond motifs is 1. The van der Waals surface area contributed by atoms with Gasteiger partial charge in [0, 0.05) is 45.5 Å². The van der Waals surface area contributed by atoms with Crippen molar-refractivity contribution in [2.75, 3.05) is 62.2 Å². The Labute approximate surface area is 194 Å². The highest BCUT2D eigenvalue weighted by Gasteiger charge is 2.21. The summed E-state index contributed by atoms with van der Waals surface area (Å²) in [4.78, 5) is 11.5. The van der Waals surface area contributed by atoms with Crippen LogP contribution in [-0.4, -0.2) is 88.2 Å². The number of piperazine rings is 1. The summed E-state index contributed by atoms with van der Waals surface area (Å²) in [5, 5.41) is 12.9. The minimum Gasteiger partial charge on any atom is -0.365 e. The first kappa shape index (κ1) is 21.6. The van der Waals surface area contributed by atoms with E-state index in [2.05, 4.69) is 52.9 Å². The lowest BCUT2D eigenvalue weighted by Gasteiger charge is -2.34. The zero-order chi connectivity index (χ0) is 22.5. The average molecular weight is 447 g/mol. The topological polar surface area (TPSA) is 74.9 Å². The average Bonchev–Trinajstić information content (AvgIpc) is 3.25. The van der Waals surface area contributed by atoms with Gasteiger partial charge in [-0.2, -0.15) is 4.52 Å². The Morgan fingerprint density at radius 3 is 2.52 bits per heavy atom. The summed E-state index contributed by atoms with van der Waals surface area (Å²) in [7, 11) is 0. The van der Waals surface area contributed by atoms with Crippen molar-refractivity contribution >= 4 is 17.3 Å². The fraction of sp³-hybridized carbons (Fsp3) is 0.500. The summed E-state index contributed by atoms with van der Waals surface area (Å²) < 4.78 is 7.83. The van der Waals surface area contributed by atoms with E-state index >= 15 is 0 Å². The van der Waals surface area contributed by atoms with Gasteiger partial charge in [0.1, 0.15) is 18.2 Å². The SMILES string of the molecule is Cc1nnc2ccc(N3CCC(OCC#CCN4CCN(c5ccccn5)CC4)CC3)nn12. The largest absolute Gasteiger partial charge is 0.365 e. The van der Waals surface area contributed by atoms with Crippen LogP contribution in [0.3, 0.4) is 0 Å². The first-order chi connectivity index (χ1) is 16.3. The smallest absolute Gasteiger partial charge is 0.178 e. The number of aryl methyl sites for hydroxylation is 1.